The summed E-state index contributed by atoms with van der Waals surface area (Å²) < 4.78 is 23.5. The van der Waals surface area contributed by atoms with Gasteiger partial charge in [0.25, 0.3) is 0 Å². The zero-order valence-corrected chi connectivity index (χ0v) is 28.2. The highest BCUT2D eigenvalue weighted by Gasteiger charge is 2.47. The van der Waals surface area contributed by atoms with E-state index in [-0.39, 0.29) is 31.8 Å². The number of carbonyl (C=O) groups is 2. The number of carboxylic acid groups (broad SMARTS) is 1. The van der Waals surface area contributed by atoms with E-state index in [1.807, 2.05) is 64.4 Å². The van der Waals surface area contributed by atoms with E-state index in [2.05, 4.69) is 40.2 Å². The van der Waals surface area contributed by atoms with Gasteiger partial charge in [-0.25, -0.2) is 0 Å². The summed E-state index contributed by atoms with van der Waals surface area (Å²) in [4.78, 5) is 31.2. The van der Waals surface area contributed by atoms with E-state index in [1.165, 1.54) is 0 Å². The Morgan fingerprint density at radius 3 is 2.49 bits per heavy atom. The maximum absolute atomic E-state index is 14.2. The van der Waals surface area contributed by atoms with Gasteiger partial charge in [0.1, 0.15) is 6.54 Å². The second kappa shape index (κ2) is 15.1. The molecule has 10 nitrogen and oxygen atoms in total. The van der Waals surface area contributed by atoms with Crippen LogP contribution in [-0.4, -0.2) is 93.7 Å². The molecule has 3 aromatic rings. The molecular formula is C37H48N3O7+. The molecule has 10 heteroatoms. The third-order valence-electron chi connectivity index (χ3n) is 8.85. The average molecular weight is 647 g/mol. The lowest BCUT2D eigenvalue weighted by Gasteiger charge is -2.30. The molecule has 0 radical (unpaired) electrons. The number of para-hydroxylation sites is 2. The van der Waals surface area contributed by atoms with E-state index in [0.717, 1.165) is 40.7 Å². The van der Waals surface area contributed by atoms with E-state index in [0.29, 0.717) is 42.5 Å². The Morgan fingerprint density at radius 1 is 1.00 bits per heavy atom. The molecule has 252 valence electrons. The largest absolute Gasteiger partial charge is 0.493 e. The zero-order chi connectivity index (χ0) is 33.6. The number of benzene rings is 3. The molecule has 0 unspecified atom stereocenters. The summed E-state index contributed by atoms with van der Waals surface area (Å²) in [6.45, 7) is 4.44. The minimum absolute atomic E-state index is 0.0491. The molecule has 2 heterocycles. The second-order valence-electron chi connectivity index (χ2n) is 13.4. The maximum atomic E-state index is 14.2. The Morgan fingerprint density at radius 2 is 1.77 bits per heavy atom. The van der Waals surface area contributed by atoms with Crippen molar-refractivity contribution in [2.24, 2.45) is 5.92 Å². The summed E-state index contributed by atoms with van der Waals surface area (Å²) in [5.74, 6) is 0.382. The molecule has 2 aliphatic heterocycles. The number of rotatable bonds is 15. The Balaban J connectivity index is 1.42. The molecule has 3 aromatic carbocycles. The molecule has 0 aliphatic carbocycles. The summed E-state index contributed by atoms with van der Waals surface area (Å²) >= 11 is 0. The van der Waals surface area contributed by atoms with Crippen LogP contribution in [0.25, 0.3) is 0 Å². The first kappa shape index (κ1) is 34.1. The SMILES string of the molecule is CCCCN(C(=O)CN1C[C@H](c2ccc3c(c2)OCO3)[C@@H](C(=O)O)[C@@H]1CCOc1ccccc1OC)c1cccc(C[N+](C)(C)C)c1. The molecule has 0 aromatic heterocycles. The number of amides is 1. The van der Waals surface area contributed by atoms with Crippen LogP contribution in [0.1, 0.15) is 43.2 Å². The normalized spacial score (nSPS) is 19.0. The second-order valence-corrected chi connectivity index (χ2v) is 13.4. The monoisotopic (exact) mass is 646 g/mol. The lowest BCUT2D eigenvalue weighted by molar-refractivity contribution is -0.884. The van der Waals surface area contributed by atoms with E-state index in [4.69, 9.17) is 18.9 Å². The standard InChI is InChI=1S/C37H47N3O7/c1-6-7-18-39(28-12-10-11-26(20-28)24-40(2,3)4)35(41)23-38-22-29(27-15-16-33-34(21-27)47-25-46-33)36(37(42)43)30(38)17-19-45-32-14-9-8-13-31(32)44-5/h8-16,20-21,29-30,36H,6-7,17-19,22-25H2,1-5H3/p+1/t29-,30+,36-/m1/s1. The zero-order valence-electron chi connectivity index (χ0n) is 28.2. The number of aliphatic carboxylic acids is 1. The Hall–Kier alpha value is -4.28. The lowest BCUT2D eigenvalue weighted by atomic mass is 9.84. The quantitative estimate of drug-likeness (QED) is 0.219. The summed E-state index contributed by atoms with van der Waals surface area (Å²) in [6.07, 6.45) is 2.22. The fraction of sp³-hybridized carbons (Fsp3) is 0.459. The number of nitrogens with zero attached hydrogens (tertiary/aromatic N) is 3. The van der Waals surface area contributed by atoms with Gasteiger partial charge in [0.15, 0.2) is 23.0 Å². The molecule has 5 rings (SSSR count). The minimum atomic E-state index is -0.902. The smallest absolute Gasteiger partial charge is 0.308 e. The minimum Gasteiger partial charge on any atom is -0.493 e. The number of likely N-dealkylation sites (tertiary alicyclic amines) is 1. The lowest BCUT2D eigenvalue weighted by Crippen LogP contribution is -2.45. The highest BCUT2D eigenvalue weighted by Crippen LogP contribution is 2.43. The van der Waals surface area contributed by atoms with E-state index >= 15 is 0 Å². The number of hydrogen-bond donors (Lipinski definition) is 1. The van der Waals surface area contributed by atoms with Crippen molar-refractivity contribution >= 4 is 17.6 Å². The molecule has 3 atom stereocenters. The molecular weight excluding hydrogens is 598 g/mol. The van der Waals surface area contributed by atoms with Gasteiger partial charge in [-0.1, -0.05) is 43.7 Å². The van der Waals surface area contributed by atoms with Crippen LogP contribution in [0.3, 0.4) is 0 Å². The molecule has 2 aliphatic rings. The van der Waals surface area contributed by atoms with Crippen LogP contribution in [0.15, 0.2) is 66.7 Å². The van der Waals surface area contributed by atoms with Gasteiger partial charge in [0.2, 0.25) is 12.7 Å². The fourth-order valence-corrected chi connectivity index (χ4v) is 6.71. The van der Waals surface area contributed by atoms with Crippen LogP contribution in [0.2, 0.25) is 0 Å². The van der Waals surface area contributed by atoms with Crippen LogP contribution >= 0.6 is 0 Å². The van der Waals surface area contributed by atoms with Crippen molar-refractivity contribution < 1.29 is 38.1 Å². The van der Waals surface area contributed by atoms with Gasteiger partial charge in [-0.05, 0) is 54.8 Å². The first-order valence-corrected chi connectivity index (χ1v) is 16.4. The highest BCUT2D eigenvalue weighted by molar-refractivity contribution is 5.95. The Bertz CT molecular complexity index is 1540. The van der Waals surface area contributed by atoms with Crippen molar-refractivity contribution in [1.29, 1.82) is 0 Å². The number of anilines is 1. The van der Waals surface area contributed by atoms with Crippen LogP contribution in [0.4, 0.5) is 5.69 Å². The van der Waals surface area contributed by atoms with E-state index in [1.54, 1.807) is 7.11 Å². The van der Waals surface area contributed by atoms with Gasteiger partial charge in [-0.2, -0.15) is 0 Å². The molecule has 1 saturated heterocycles. The summed E-state index contributed by atoms with van der Waals surface area (Å²) in [7, 11) is 8.03. The number of quaternary nitrogens is 1. The summed E-state index contributed by atoms with van der Waals surface area (Å²) in [6, 6.07) is 20.8. The van der Waals surface area contributed by atoms with Crippen LogP contribution in [0, 0.1) is 5.92 Å². The number of carbonyl (C=O) groups excluding carboxylic acids is 1. The van der Waals surface area contributed by atoms with Crippen molar-refractivity contribution in [3.05, 3.63) is 77.9 Å². The topological polar surface area (TPSA) is 97.8 Å². The molecule has 47 heavy (non-hydrogen) atoms. The van der Waals surface area contributed by atoms with E-state index in [9.17, 15) is 14.7 Å². The third kappa shape index (κ3) is 8.36. The predicted molar refractivity (Wildman–Crippen MR) is 180 cm³/mol. The molecule has 1 amide bonds. The van der Waals surface area contributed by atoms with Gasteiger partial charge < -0.3 is 33.4 Å². The third-order valence-corrected chi connectivity index (χ3v) is 8.85. The van der Waals surface area contributed by atoms with Crippen LogP contribution in [0.5, 0.6) is 23.0 Å². The molecule has 1 fully saturated rings. The van der Waals surface area contributed by atoms with Crippen molar-refractivity contribution in [1.82, 2.24) is 4.90 Å². The molecule has 1 N–H and O–H groups in total. The van der Waals surface area contributed by atoms with Gasteiger partial charge in [-0.15, -0.1) is 0 Å². The summed E-state index contributed by atoms with van der Waals surface area (Å²) in [5.41, 5.74) is 2.88. The Kier molecular flexibility index (Phi) is 10.9. The number of hydrogen-bond acceptors (Lipinski definition) is 7. The number of carboxylic acids is 1. The van der Waals surface area contributed by atoms with Crippen molar-refractivity contribution in [2.75, 3.05) is 66.2 Å². The average Bonchev–Trinajstić information content (AvgIpc) is 3.65. The maximum Gasteiger partial charge on any atom is 0.308 e. The van der Waals surface area contributed by atoms with Gasteiger partial charge in [0.05, 0.1) is 47.3 Å². The first-order valence-electron chi connectivity index (χ1n) is 16.4. The molecule has 0 bridgehead atoms. The Labute approximate surface area is 278 Å². The van der Waals surface area contributed by atoms with Crippen molar-refractivity contribution in [3.63, 3.8) is 0 Å². The van der Waals surface area contributed by atoms with Gasteiger partial charge in [-0.3, -0.25) is 14.5 Å². The number of methoxy groups -OCH3 is 1. The number of unbranched alkanes of at least 4 members (excludes halogenated alkanes) is 1. The van der Waals surface area contributed by atoms with Gasteiger partial charge in [0, 0.05) is 36.3 Å². The van der Waals surface area contributed by atoms with Crippen LogP contribution < -0.4 is 23.8 Å². The van der Waals surface area contributed by atoms with Crippen molar-refractivity contribution in [3.8, 4) is 23.0 Å². The number of fused-ring (bicyclic) bond motifs is 1. The van der Waals surface area contributed by atoms with Crippen LogP contribution in [-0.2, 0) is 16.1 Å². The first-order chi connectivity index (χ1) is 22.6. The number of ether oxygens (including phenoxy) is 4. The predicted octanol–water partition coefficient (Wildman–Crippen LogP) is 5.40. The van der Waals surface area contributed by atoms with Gasteiger partial charge >= 0.3 is 5.97 Å². The summed E-state index contributed by atoms with van der Waals surface area (Å²) in [5, 5.41) is 10.6. The highest BCUT2D eigenvalue weighted by atomic mass is 16.7. The molecule has 0 saturated carbocycles. The van der Waals surface area contributed by atoms with Crippen molar-refractivity contribution in [2.45, 2.75) is 44.7 Å². The fourth-order valence-electron chi connectivity index (χ4n) is 6.71. The molecule has 0 spiro atoms. The van der Waals surface area contributed by atoms with E-state index < -0.39 is 17.9 Å².